The summed E-state index contributed by atoms with van der Waals surface area (Å²) < 4.78 is 136. The van der Waals surface area contributed by atoms with Crippen LogP contribution < -0.4 is 9.47 Å². The maximum atomic E-state index is 13.3. The summed E-state index contributed by atoms with van der Waals surface area (Å²) in [5.74, 6) is -2.58. The second kappa shape index (κ2) is 21.3. The molecule has 62 heavy (non-hydrogen) atoms. The first-order chi connectivity index (χ1) is 27.9. The summed E-state index contributed by atoms with van der Waals surface area (Å²) >= 11 is 0. The molecule has 0 bridgehead atoms. The normalized spacial score (nSPS) is 19.0. The molecule has 0 spiro atoms. The number of fused-ring (bicyclic) bond motifs is 3. The third kappa shape index (κ3) is 10.7. The molecule has 2 atom stereocenters. The van der Waals surface area contributed by atoms with Gasteiger partial charge in [0.2, 0.25) is 5.78 Å². The Bertz CT molecular complexity index is 2620. The van der Waals surface area contributed by atoms with Crippen molar-refractivity contribution in [2.75, 3.05) is 34.0 Å². The topological polar surface area (TPSA) is 293 Å². The van der Waals surface area contributed by atoms with E-state index in [0.29, 0.717) is 12.0 Å². The van der Waals surface area contributed by atoms with Gasteiger partial charge in [-0.3, -0.25) is 22.1 Å². The zero-order chi connectivity index (χ0) is 45.6. The van der Waals surface area contributed by atoms with Crippen LogP contribution in [0.25, 0.3) is 0 Å². The average Bonchev–Trinajstić information content (AvgIpc) is 3.42. The minimum Gasteiger partial charge on any atom is -0.508 e. The summed E-state index contributed by atoms with van der Waals surface area (Å²) in [4.78, 5) is 23.4. The Balaban J connectivity index is 0.000000557. The number of ether oxygens (including phenoxy) is 4. The summed E-state index contributed by atoms with van der Waals surface area (Å²) in [5.41, 5.74) is -0.592. The lowest BCUT2D eigenvalue weighted by atomic mass is 9.67. The minimum absolute atomic E-state index is 0. The molecule has 0 radical (unpaired) electrons. The fourth-order valence-corrected chi connectivity index (χ4v) is 10.3. The van der Waals surface area contributed by atoms with Crippen molar-refractivity contribution in [3.05, 3.63) is 77.0 Å². The van der Waals surface area contributed by atoms with Crippen molar-refractivity contribution in [3.8, 4) is 28.7 Å². The average molecular weight is 955 g/mol. The van der Waals surface area contributed by atoms with Crippen LogP contribution in [0.1, 0.15) is 61.5 Å². The summed E-state index contributed by atoms with van der Waals surface area (Å²) in [7, 11) is -13.5. The number of benzene rings is 2. The van der Waals surface area contributed by atoms with Gasteiger partial charge in [0.15, 0.2) is 39.3 Å². The van der Waals surface area contributed by atoms with E-state index in [1.165, 1.54) is 47.1 Å². The molecule has 2 aromatic carbocycles. The number of ketones is 2. The van der Waals surface area contributed by atoms with E-state index in [1.54, 1.807) is 26.8 Å². The van der Waals surface area contributed by atoms with Gasteiger partial charge in [0, 0.05) is 30.4 Å². The number of aromatic hydroxyl groups is 2. The van der Waals surface area contributed by atoms with Crippen LogP contribution >= 0.6 is 0 Å². The number of allylic oxidation sites excluding steroid dienone is 4. The molecule has 20 nitrogen and oxygen atoms in total. The van der Waals surface area contributed by atoms with Gasteiger partial charge >= 0.3 is 30.8 Å². The fraction of sp³-hybridized carbons (Fsp3) is 0.421. The van der Waals surface area contributed by atoms with Crippen molar-refractivity contribution in [1.29, 1.82) is 0 Å². The van der Waals surface area contributed by atoms with Crippen LogP contribution in [0, 0.1) is 12.3 Å². The quantitative estimate of drug-likeness (QED) is 0.239. The highest BCUT2D eigenvalue weighted by atomic mass is 32.2. The van der Waals surface area contributed by atoms with E-state index in [1.807, 2.05) is 0 Å². The van der Waals surface area contributed by atoms with Gasteiger partial charge in [-0.1, -0.05) is 27.9 Å². The monoisotopic (exact) mass is 954 g/mol. The van der Waals surface area contributed by atoms with Gasteiger partial charge in [0.05, 0.1) is 39.5 Å². The van der Waals surface area contributed by atoms with Crippen LogP contribution in [0.15, 0.2) is 81.2 Å². The van der Waals surface area contributed by atoms with Crippen molar-refractivity contribution >= 4 is 52.5 Å². The van der Waals surface area contributed by atoms with Crippen LogP contribution in [0.2, 0.25) is 0 Å². The second-order valence-electron chi connectivity index (χ2n) is 12.4. The Kier molecular flexibility index (Phi) is 18.9. The fourth-order valence-electron chi connectivity index (χ4n) is 6.30. The highest BCUT2D eigenvalue weighted by Crippen LogP contribution is 2.62. The van der Waals surface area contributed by atoms with E-state index in [2.05, 4.69) is 0 Å². The molecule has 0 saturated carbocycles. The molecule has 2 aromatic rings. The molecule has 1 saturated heterocycles. The summed E-state index contributed by atoms with van der Waals surface area (Å²) in [6.07, 6.45) is 5.53. The predicted molar refractivity (Wildman–Crippen MR) is 220 cm³/mol. The number of carbonyl (C=O) groups is 2. The van der Waals surface area contributed by atoms with Crippen molar-refractivity contribution in [2.45, 2.75) is 77.4 Å². The Hall–Kier alpha value is -5.11. The van der Waals surface area contributed by atoms with Crippen LogP contribution in [-0.2, 0) is 72.6 Å². The van der Waals surface area contributed by atoms with Gasteiger partial charge in [-0.25, -0.2) is 0 Å². The highest BCUT2D eigenvalue weighted by Gasteiger charge is 2.70. The molecule has 2 N–H and O–H groups in total. The molecule has 24 heteroatoms. The SMILES string of the molecule is C.C.CCOS(=O)(=O)C12C=C(OC)C(=O)C=C1OC1=CC(=O)C(C)=CC12CC.CCOS(=O)(=O)c1cc(C)c(O)cc1Oc1cc(O)c(OC)cc1S(=O)(=O)OCC.O=S(=O)=O. The van der Waals surface area contributed by atoms with E-state index >= 15 is 0 Å². The van der Waals surface area contributed by atoms with Crippen LogP contribution in [0.3, 0.4) is 0 Å². The number of phenols is 2. The maximum Gasteiger partial charge on any atom is 0.425 e. The van der Waals surface area contributed by atoms with E-state index in [-0.39, 0.29) is 74.8 Å². The molecular formula is C38H50O20S4. The molecule has 0 amide bonds. The Labute approximate surface area is 362 Å². The number of carbonyl (C=O) groups excluding carboxylic acids is 2. The molecule has 5 rings (SSSR count). The molecule has 1 fully saturated rings. The molecular weight excluding hydrogens is 905 g/mol. The molecule has 346 valence electrons. The zero-order valence-corrected chi connectivity index (χ0v) is 36.6. The summed E-state index contributed by atoms with van der Waals surface area (Å²) in [6, 6.07) is 4.02. The van der Waals surface area contributed by atoms with Crippen molar-refractivity contribution in [1.82, 2.24) is 0 Å². The lowest BCUT2D eigenvalue weighted by Crippen LogP contribution is -2.52. The van der Waals surface area contributed by atoms with Gasteiger partial charge in [-0.15, -0.1) is 12.6 Å². The van der Waals surface area contributed by atoms with Gasteiger partial charge in [0.1, 0.15) is 27.1 Å². The van der Waals surface area contributed by atoms with E-state index in [9.17, 15) is 45.1 Å². The number of hydrogen-bond acceptors (Lipinski definition) is 20. The standard InChI is InChI=1S/C18H22O10S2.C18H20O7S.2CH4.O3S/c1-5-26-29(21,22)17-7-11(3)12(19)8-15(17)28-16-9-13(20)14(25-4)10-18(16)30(23,24)27-6-2;1-5-17-9-11(3)12(19)7-15(17)25-16-8-13(20)14(23-4)10-18(16,17)26(21,22)24-6-2;;;1-4(2)3/h7-10,19-20H,5-6H2,1-4H3;7-10H,5-6H2,1-4H3;2*1H4;. The summed E-state index contributed by atoms with van der Waals surface area (Å²) in [5, 5.41) is 20.1. The minimum atomic E-state index is -4.35. The molecule has 2 unspecified atom stereocenters. The lowest BCUT2D eigenvalue weighted by molar-refractivity contribution is -0.114. The molecule has 1 aliphatic heterocycles. The predicted octanol–water partition coefficient (Wildman–Crippen LogP) is 4.85. The highest BCUT2D eigenvalue weighted by molar-refractivity contribution is 7.88. The van der Waals surface area contributed by atoms with Gasteiger partial charge in [0.25, 0.3) is 10.1 Å². The molecule has 0 aromatic heterocycles. The largest absolute Gasteiger partial charge is 0.508 e. The van der Waals surface area contributed by atoms with Crippen molar-refractivity contribution in [2.24, 2.45) is 5.41 Å². The molecule has 3 aliphatic rings. The first kappa shape index (κ1) is 54.9. The third-order valence-corrected chi connectivity index (χ3v) is 13.7. The zero-order valence-electron chi connectivity index (χ0n) is 33.3. The van der Waals surface area contributed by atoms with E-state index in [0.717, 1.165) is 30.3 Å². The maximum absolute atomic E-state index is 13.3. The number of phenolic OH excluding ortho intramolecular Hbond substituents is 2. The number of methoxy groups -OCH3 is 2. The van der Waals surface area contributed by atoms with Gasteiger partial charge < -0.3 is 29.2 Å². The number of hydrogen-bond donors (Lipinski definition) is 2. The second-order valence-corrected chi connectivity index (χ2v) is 17.8. The first-order valence-corrected chi connectivity index (χ1v) is 22.7. The van der Waals surface area contributed by atoms with Crippen molar-refractivity contribution in [3.63, 3.8) is 0 Å². The Morgan fingerprint density at radius 3 is 1.61 bits per heavy atom. The van der Waals surface area contributed by atoms with Crippen LogP contribution in [-0.4, -0.2) is 98.4 Å². The lowest BCUT2D eigenvalue weighted by Gasteiger charge is -2.40. The molecule has 2 aliphatic carbocycles. The number of rotatable bonds is 14. The smallest absolute Gasteiger partial charge is 0.425 e. The van der Waals surface area contributed by atoms with Crippen molar-refractivity contribution < 1.29 is 89.2 Å². The number of aryl methyl sites for hydroxylation is 1. The third-order valence-electron chi connectivity index (χ3n) is 8.90. The summed E-state index contributed by atoms with van der Waals surface area (Å²) in [6.45, 7) is 8.94. The van der Waals surface area contributed by atoms with Crippen LogP contribution in [0.5, 0.6) is 28.7 Å². The van der Waals surface area contributed by atoms with Gasteiger partial charge in [-0.05, 0) is 64.3 Å². The Morgan fingerprint density at radius 2 is 1.15 bits per heavy atom. The van der Waals surface area contributed by atoms with E-state index in [4.69, 9.17) is 44.1 Å². The Morgan fingerprint density at radius 1 is 0.661 bits per heavy atom. The van der Waals surface area contributed by atoms with E-state index < -0.39 is 83.9 Å². The first-order valence-electron chi connectivity index (χ1n) is 17.4. The van der Waals surface area contributed by atoms with Gasteiger partial charge in [-0.2, -0.15) is 25.3 Å². The molecule has 1 heterocycles. The van der Waals surface area contributed by atoms with Crippen LogP contribution in [0.4, 0.5) is 0 Å².